The number of fused-ring (bicyclic) bond motifs is 1. The minimum atomic E-state index is 0.0299. The third-order valence-electron chi connectivity index (χ3n) is 5.82. The standard InChI is InChI=1S/C23H29N3O2/c1-18-16-25(17-20-8-4-3-5-9-20)22-11-7-6-10-21(22)19(2)26(18)23(27)24-12-14-28-15-13-24/h3-11,18-19H,12-17H2,1-2H3/t18-,19+/m1/s1. The minimum absolute atomic E-state index is 0.0299. The largest absolute Gasteiger partial charge is 0.378 e. The molecule has 5 nitrogen and oxygen atoms in total. The molecule has 2 heterocycles. The molecule has 0 aromatic heterocycles. The van der Waals surface area contributed by atoms with E-state index in [9.17, 15) is 4.79 Å². The molecule has 4 rings (SSSR count). The molecule has 0 aliphatic carbocycles. The van der Waals surface area contributed by atoms with Crippen molar-refractivity contribution in [2.45, 2.75) is 32.5 Å². The van der Waals surface area contributed by atoms with E-state index in [2.05, 4.69) is 72.2 Å². The van der Waals surface area contributed by atoms with Crippen LogP contribution in [0, 0.1) is 0 Å². The van der Waals surface area contributed by atoms with Crippen LogP contribution in [0.4, 0.5) is 10.5 Å². The van der Waals surface area contributed by atoms with Crippen molar-refractivity contribution in [3.05, 3.63) is 65.7 Å². The second-order valence-electron chi connectivity index (χ2n) is 7.74. The lowest BCUT2D eigenvalue weighted by Crippen LogP contribution is -2.52. The first-order valence-electron chi connectivity index (χ1n) is 10.2. The van der Waals surface area contributed by atoms with Crippen molar-refractivity contribution >= 4 is 11.7 Å². The molecule has 0 bridgehead atoms. The number of rotatable bonds is 2. The highest BCUT2D eigenvalue weighted by molar-refractivity contribution is 5.76. The maximum Gasteiger partial charge on any atom is 0.320 e. The summed E-state index contributed by atoms with van der Waals surface area (Å²) in [7, 11) is 0. The maximum absolute atomic E-state index is 13.4. The number of urea groups is 1. The van der Waals surface area contributed by atoms with Gasteiger partial charge in [0.2, 0.25) is 0 Å². The van der Waals surface area contributed by atoms with Crippen LogP contribution in [-0.2, 0) is 11.3 Å². The lowest BCUT2D eigenvalue weighted by Gasteiger charge is -2.38. The zero-order chi connectivity index (χ0) is 19.5. The van der Waals surface area contributed by atoms with Crippen LogP contribution < -0.4 is 4.90 Å². The van der Waals surface area contributed by atoms with Gasteiger partial charge in [0.15, 0.2) is 0 Å². The Labute approximate surface area is 167 Å². The van der Waals surface area contributed by atoms with Crippen LogP contribution in [0.3, 0.4) is 0 Å². The predicted molar refractivity (Wildman–Crippen MR) is 111 cm³/mol. The molecule has 2 aromatic rings. The van der Waals surface area contributed by atoms with Crippen LogP contribution in [0.2, 0.25) is 0 Å². The van der Waals surface area contributed by atoms with Gasteiger partial charge in [-0.15, -0.1) is 0 Å². The first-order valence-corrected chi connectivity index (χ1v) is 10.2. The Morgan fingerprint density at radius 2 is 1.68 bits per heavy atom. The van der Waals surface area contributed by atoms with E-state index < -0.39 is 0 Å². The molecular formula is C23H29N3O2. The van der Waals surface area contributed by atoms with E-state index >= 15 is 0 Å². The summed E-state index contributed by atoms with van der Waals surface area (Å²) in [6.07, 6.45) is 0. The van der Waals surface area contributed by atoms with Gasteiger partial charge in [0.05, 0.1) is 19.3 Å². The normalized spacial score (nSPS) is 22.6. The van der Waals surface area contributed by atoms with E-state index in [0.29, 0.717) is 26.3 Å². The van der Waals surface area contributed by atoms with E-state index in [1.54, 1.807) is 0 Å². The van der Waals surface area contributed by atoms with Crippen LogP contribution in [-0.4, -0.2) is 54.7 Å². The average molecular weight is 380 g/mol. The van der Waals surface area contributed by atoms with Gasteiger partial charge in [-0.1, -0.05) is 48.5 Å². The number of benzene rings is 2. The number of anilines is 1. The van der Waals surface area contributed by atoms with Gasteiger partial charge in [-0.2, -0.15) is 0 Å². The number of ether oxygens (including phenoxy) is 1. The number of carbonyl (C=O) groups is 1. The predicted octanol–water partition coefficient (Wildman–Crippen LogP) is 3.91. The van der Waals surface area contributed by atoms with Crippen molar-refractivity contribution in [3.63, 3.8) is 0 Å². The second kappa shape index (κ2) is 8.23. The monoisotopic (exact) mass is 379 g/mol. The molecule has 1 fully saturated rings. The van der Waals surface area contributed by atoms with Gasteiger partial charge >= 0.3 is 6.03 Å². The Kier molecular flexibility index (Phi) is 5.53. The molecule has 0 N–H and O–H groups in total. The third kappa shape index (κ3) is 3.72. The smallest absolute Gasteiger partial charge is 0.320 e. The van der Waals surface area contributed by atoms with E-state index in [-0.39, 0.29) is 18.1 Å². The van der Waals surface area contributed by atoms with Crippen molar-refractivity contribution < 1.29 is 9.53 Å². The molecule has 2 aliphatic heterocycles. The van der Waals surface area contributed by atoms with Gasteiger partial charge in [-0.3, -0.25) is 0 Å². The molecule has 0 spiro atoms. The zero-order valence-electron chi connectivity index (χ0n) is 16.8. The van der Waals surface area contributed by atoms with E-state index in [4.69, 9.17) is 4.74 Å². The number of amides is 2. The summed E-state index contributed by atoms with van der Waals surface area (Å²) in [6.45, 7) is 8.56. The van der Waals surface area contributed by atoms with Crippen molar-refractivity contribution in [1.82, 2.24) is 9.80 Å². The number of morpholine rings is 1. The number of nitrogens with zero attached hydrogens (tertiary/aromatic N) is 3. The number of carbonyl (C=O) groups excluding carboxylic acids is 1. The molecule has 2 atom stereocenters. The summed E-state index contributed by atoms with van der Waals surface area (Å²) in [4.78, 5) is 19.8. The number of para-hydroxylation sites is 1. The maximum atomic E-state index is 13.4. The molecule has 2 aromatic carbocycles. The SMILES string of the molecule is C[C@@H]1CN(Cc2ccccc2)c2ccccc2[C@H](C)N1C(=O)N1CCOCC1. The molecule has 2 amide bonds. The second-order valence-corrected chi connectivity index (χ2v) is 7.74. The summed E-state index contributed by atoms with van der Waals surface area (Å²) < 4.78 is 5.43. The molecule has 148 valence electrons. The Balaban J connectivity index is 1.65. The van der Waals surface area contributed by atoms with Crippen LogP contribution >= 0.6 is 0 Å². The van der Waals surface area contributed by atoms with Crippen LogP contribution in [0.5, 0.6) is 0 Å². The fourth-order valence-electron chi connectivity index (χ4n) is 4.39. The molecule has 5 heteroatoms. The van der Waals surface area contributed by atoms with Gasteiger partial charge in [0.1, 0.15) is 0 Å². The Bertz CT molecular complexity index is 805. The van der Waals surface area contributed by atoms with Crippen molar-refractivity contribution in [3.8, 4) is 0 Å². The van der Waals surface area contributed by atoms with Gasteiger partial charge in [-0.25, -0.2) is 4.79 Å². The average Bonchev–Trinajstić information content (AvgIpc) is 2.84. The first kappa shape index (κ1) is 18.8. The molecule has 28 heavy (non-hydrogen) atoms. The molecule has 1 saturated heterocycles. The highest BCUT2D eigenvalue weighted by Gasteiger charge is 2.35. The molecule has 0 saturated carbocycles. The number of hydrogen-bond acceptors (Lipinski definition) is 3. The summed E-state index contributed by atoms with van der Waals surface area (Å²) in [6, 6.07) is 19.3. The van der Waals surface area contributed by atoms with Crippen LogP contribution in [0.1, 0.15) is 31.0 Å². The topological polar surface area (TPSA) is 36.0 Å². The van der Waals surface area contributed by atoms with Crippen LogP contribution in [0.25, 0.3) is 0 Å². The van der Waals surface area contributed by atoms with Gasteiger partial charge in [0.25, 0.3) is 0 Å². The first-order chi connectivity index (χ1) is 13.6. The Morgan fingerprint density at radius 3 is 2.43 bits per heavy atom. The Hall–Kier alpha value is -2.53. The highest BCUT2D eigenvalue weighted by Crippen LogP contribution is 2.36. The minimum Gasteiger partial charge on any atom is -0.378 e. The van der Waals surface area contributed by atoms with Crippen LogP contribution in [0.15, 0.2) is 54.6 Å². The summed E-state index contributed by atoms with van der Waals surface area (Å²) in [5.41, 5.74) is 3.72. The van der Waals surface area contributed by atoms with E-state index in [0.717, 1.165) is 13.1 Å². The molecular weight excluding hydrogens is 350 g/mol. The molecule has 0 unspecified atom stereocenters. The van der Waals surface area contributed by atoms with Crippen molar-refractivity contribution in [1.29, 1.82) is 0 Å². The van der Waals surface area contributed by atoms with Crippen molar-refractivity contribution in [2.24, 2.45) is 0 Å². The highest BCUT2D eigenvalue weighted by atomic mass is 16.5. The Morgan fingerprint density at radius 1 is 1.00 bits per heavy atom. The molecule has 0 radical (unpaired) electrons. The lowest BCUT2D eigenvalue weighted by molar-refractivity contribution is 0.0358. The van der Waals surface area contributed by atoms with Gasteiger partial charge < -0.3 is 19.4 Å². The zero-order valence-corrected chi connectivity index (χ0v) is 16.8. The summed E-state index contributed by atoms with van der Waals surface area (Å²) in [5.74, 6) is 0. The lowest BCUT2D eigenvalue weighted by atomic mass is 10.0. The summed E-state index contributed by atoms with van der Waals surface area (Å²) >= 11 is 0. The fraction of sp³-hybridized carbons (Fsp3) is 0.435. The quantitative estimate of drug-likeness (QED) is 0.794. The molecule has 2 aliphatic rings. The van der Waals surface area contributed by atoms with E-state index in [1.807, 2.05) is 11.0 Å². The third-order valence-corrected chi connectivity index (χ3v) is 5.82. The fourth-order valence-corrected chi connectivity index (χ4v) is 4.39. The van der Waals surface area contributed by atoms with Gasteiger partial charge in [0, 0.05) is 37.9 Å². The summed E-state index contributed by atoms with van der Waals surface area (Å²) in [5, 5.41) is 0. The van der Waals surface area contributed by atoms with Crippen molar-refractivity contribution in [2.75, 3.05) is 37.7 Å². The number of hydrogen-bond donors (Lipinski definition) is 0. The van der Waals surface area contributed by atoms with Gasteiger partial charge in [-0.05, 0) is 31.0 Å². The van der Waals surface area contributed by atoms with E-state index in [1.165, 1.54) is 16.8 Å².